The summed E-state index contributed by atoms with van der Waals surface area (Å²) in [7, 11) is 0. The molecule has 0 unspecified atom stereocenters. The number of carbonyl (C=O) groups is 1. The number of aromatic nitrogens is 1. The summed E-state index contributed by atoms with van der Waals surface area (Å²) in [5.74, 6) is -0.450. The first-order chi connectivity index (χ1) is 10.6. The van der Waals surface area contributed by atoms with Crippen molar-refractivity contribution in [3.8, 4) is 5.75 Å². The van der Waals surface area contributed by atoms with Crippen molar-refractivity contribution in [2.75, 3.05) is 5.32 Å². The third-order valence-electron chi connectivity index (χ3n) is 3.44. The lowest BCUT2D eigenvalue weighted by atomic mass is 10.1. The highest BCUT2D eigenvalue weighted by atomic mass is 127. The van der Waals surface area contributed by atoms with Crippen LogP contribution in [-0.2, 0) is 0 Å². The Kier molecular flexibility index (Phi) is 5.20. The highest BCUT2D eigenvalue weighted by Gasteiger charge is 2.15. The summed E-state index contributed by atoms with van der Waals surface area (Å²) in [4.78, 5) is 16.6. The van der Waals surface area contributed by atoms with Crippen LogP contribution in [0, 0.1) is 10.5 Å². The van der Waals surface area contributed by atoms with Crippen LogP contribution in [0.4, 0.5) is 5.69 Å². The van der Waals surface area contributed by atoms with Gasteiger partial charge in [0.25, 0.3) is 5.91 Å². The van der Waals surface area contributed by atoms with Crippen molar-refractivity contribution in [3.63, 3.8) is 0 Å². The number of anilines is 1. The van der Waals surface area contributed by atoms with E-state index in [0.29, 0.717) is 5.52 Å². The minimum Gasteiger partial charge on any atom is -0.505 e. The van der Waals surface area contributed by atoms with Crippen molar-refractivity contribution in [3.05, 3.63) is 63.4 Å². The van der Waals surface area contributed by atoms with Gasteiger partial charge < -0.3 is 10.4 Å². The van der Waals surface area contributed by atoms with Crippen LogP contribution >= 0.6 is 22.6 Å². The van der Waals surface area contributed by atoms with Crippen molar-refractivity contribution in [1.82, 2.24) is 4.98 Å². The van der Waals surface area contributed by atoms with Crippen molar-refractivity contribution >= 4 is 45.1 Å². The number of benzene rings is 2. The number of phenolic OH excluding ortho intramolecular Hbond substituents is 1. The second kappa shape index (κ2) is 6.95. The number of fused-ring (bicyclic) bond motifs is 1. The molecule has 0 saturated carbocycles. The molecule has 0 spiro atoms. The number of carbonyl (C=O) groups excluding carboxylic acids is 1. The van der Waals surface area contributed by atoms with E-state index >= 15 is 0 Å². The van der Waals surface area contributed by atoms with E-state index in [2.05, 4.69) is 32.9 Å². The van der Waals surface area contributed by atoms with Gasteiger partial charge in [-0.25, -0.2) is 0 Å². The Morgan fingerprint density at radius 1 is 1.22 bits per heavy atom. The van der Waals surface area contributed by atoms with E-state index in [9.17, 15) is 9.90 Å². The van der Waals surface area contributed by atoms with Gasteiger partial charge in [-0.3, -0.25) is 9.78 Å². The highest BCUT2D eigenvalue weighted by molar-refractivity contribution is 14.1. The number of nitrogens with zero attached hydrogens (tertiary/aromatic N) is 1. The van der Waals surface area contributed by atoms with Gasteiger partial charge in [0.05, 0.1) is 5.56 Å². The Bertz CT molecular complexity index is 878. The van der Waals surface area contributed by atoms with E-state index < -0.39 is 0 Å². The molecular weight excluding hydrogens is 403 g/mol. The number of hydrogen-bond acceptors (Lipinski definition) is 3. The van der Waals surface area contributed by atoms with E-state index in [4.69, 9.17) is 0 Å². The smallest absolute Gasteiger partial charge is 0.259 e. The molecule has 3 rings (SSSR count). The molecular formula is C18H17IN2O2. The molecule has 1 heterocycles. The molecule has 0 atom stereocenters. The minimum absolute atomic E-state index is 0. The molecule has 4 nitrogen and oxygen atoms in total. The van der Waals surface area contributed by atoms with Crippen LogP contribution in [0.5, 0.6) is 5.75 Å². The fraction of sp³-hybridized carbons (Fsp3) is 0.111. The maximum Gasteiger partial charge on any atom is 0.259 e. The quantitative estimate of drug-likeness (QED) is 0.589. The largest absolute Gasteiger partial charge is 0.505 e. The van der Waals surface area contributed by atoms with E-state index in [1.807, 2.05) is 31.2 Å². The van der Waals surface area contributed by atoms with Gasteiger partial charge >= 0.3 is 0 Å². The molecule has 118 valence electrons. The lowest BCUT2D eigenvalue weighted by Crippen LogP contribution is -2.13. The SMILES string of the molecule is C.Cc1ccc(I)cc1NC(=O)c1ccc2cccnc2c1O. The lowest BCUT2D eigenvalue weighted by Gasteiger charge is -2.11. The van der Waals surface area contributed by atoms with Crippen LogP contribution in [-0.4, -0.2) is 16.0 Å². The number of aryl methyl sites for hydroxylation is 1. The van der Waals surface area contributed by atoms with E-state index in [1.165, 1.54) is 0 Å². The Balaban J connectivity index is 0.00000192. The molecule has 3 aromatic rings. The topological polar surface area (TPSA) is 62.2 Å². The highest BCUT2D eigenvalue weighted by Crippen LogP contribution is 2.28. The summed E-state index contributed by atoms with van der Waals surface area (Å²) < 4.78 is 1.03. The van der Waals surface area contributed by atoms with Crippen molar-refractivity contribution in [2.24, 2.45) is 0 Å². The predicted molar refractivity (Wildman–Crippen MR) is 102 cm³/mol. The molecule has 23 heavy (non-hydrogen) atoms. The fourth-order valence-corrected chi connectivity index (χ4v) is 2.72. The Hall–Kier alpha value is -2.15. The van der Waals surface area contributed by atoms with Crippen LogP contribution in [0.25, 0.3) is 10.9 Å². The third-order valence-corrected chi connectivity index (χ3v) is 4.11. The molecule has 2 aromatic carbocycles. The summed E-state index contributed by atoms with van der Waals surface area (Å²) in [5.41, 5.74) is 2.34. The van der Waals surface area contributed by atoms with Gasteiger partial charge in [0, 0.05) is 20.8 Å². The summed E-state index contributed by atoms with van der Waals surface area (Å²) in [6.07, 6.45) is 1.59. The Labute approximate surface area is 148 Å². The molecule has 5 heteroatoms. The van der Waals surface area contributed by atoms with Crippen LogP contribution in [0.1, 0.15) is 23.3 Å². The zero-order valence-electron chi connectivity index (χ0n) is 11.8. The normalized spacial score (nSPS) is 10.2. The second-order valence-electron chi connectivity index (χ2n) is 4.95. The summed E-state index contributed by atoms with van der Waals surface area (Å²) >= 11 is 2.19. The lowest BCUT2D eigenvalue weighted by molar-refractivity contribution is 0.102. The van der Waals surface area contributed by atoms with E-state index in [1.54, 1.807) is 24.4 Å². The summed E-state index contributed by atoms with van der Waals surface area (Å²) in [5, 5.41) is 13.9. The molecule has 0 bridgehead atoms. The van der Waals surface area contributed by atoms with Gasteiger partial charge in [-0.1, -0.05) is 25.6 Å². The zero-order chi connectivity index (χ0) is 15.7. The van der Waals surface area contributed by atoms with Gasteiger partial charge in [0.2, 0.25) is 0 Å². The van der Waals surface area contributed by atoms with Crippen LogP contribution in [0.3, 0.4) is 0 Å². The maximum atomic E-state index is 12.4. The summed E-state index contributed by atoms with van der Waals surface area (Å²) in [6.45, 7) is 1.92. The monoisotopic (exact) mass is 420 g/mol. The first-order valence-electron chi connectivity index (χ1n) is 6.70. The summed E-state index contributed by atoms with van der Waals surface area (Å²) in [6, 6.07) is 12.8. The third kappa shape index (κ3) is 3.44. The first kappa shape index (κ1) is 17.2. The van der Waals surface area contributed by atoms with Crippen LogP contribution in [0.15, 0.2) is 48.7 Å². The fourth-order valence-electron chi connectivity index (χ4n) is 2.23. The minimum atomic E-state index is -0.352. The number of halogens is 1. The van der Waals surface area contributed by atoms with Gasteiger partial charge in [0.1, 0.15) is 5.52 Å². The van der Waals surface area contributed by atoms with E-state index in [0.717, 1.165) is 20.2 Å². The molecule has 0 fully saturated rings. The number of phenols is 1. The molecule has 1 amide bonds. The van der Waals surface area contributed by atoms with Gasteiger partial charge in [-0.15, -0.1) is 0 Å². The standard InChI is InChI=1S/C17H13IN2O2.CH4/c1-10-4-6-12(18)9-14(10)20-17(22)13-7-5-11-3-2-8-19-15(11)16(13)21;/h2-9,21H,1H3,(H,20,22);1H4. The maximum absolute atomic E-state index is 12.4. The number of hydrogen-bond donors (Lipinski definition) is 2. The van der Waals surface area contributed by atoms with Gasteiger partial charge in [-0.2, -0.15) is 0 Å². The van der Waals surface area contributed by atoms with Gasteiger partial charge in [0.15, 0.2) is 5.75 Å². The molecule has 2 N–H and O–H groups in total. The Morgan fingerprint density at radius 2 is 2.00 bits per heavy atom. The van der Waals surface area contributed by atoms with Crippen molar-refractivity contribution in [1.29, 1.82) is 0 Å². The molecule has 1 aromatic heterocycles. The zero-order valence-corrected chi connectivity index (χ0v) is 14.0. The average molecular weight is 420 g/mol. The van der Waals surface area contributed by atoms with Crippen molar-refractivity contribution < 1.29 is 9.90 Å². The predicted octanol–water partition coefficient (Wildman–Crippen LogP) is 4.74. The van der Waals surface area contributed by atoms with Crippen LogP contribution < -0.4 is 5.32 Å². The van der Waals surface area contributed by atoms with Crippen LogP contribution in [0.2, 0.25) is 0 Å². The van der Waals surface area contributed by atoms with Crippen molar-refractivity contribution in [2.45, 2.75) is 14.4 Å². The molecule has 0 aliphatic carbocycles. The molecule has 0 saturated heterocycles. The number of nitrogens with one attached hydrogen (secondary N) is 1. The number of rotatable bonds is 2. The molecule has 0 aliphatic rings. The molecule has 0 aliphatic heterocycles. The van der Waals surface area contributed by atoms with E-state index in [-0.39, 0.29) is 24.6 Å². The number of amides is 1. The first-order valence-corrected chi connectivity index (χ1v) is 7.78. The second-order valence-corrected chi connectivity index (χ2v) is 6.20. The number of pyridine rings is 1. The molecule has 0 radical (unpaired) electrons. The number of aromatic hydroxyl groups is 1. The average Bonchev–Trinajstić information content (AvgIpc) is 2.51. The van der Waals surface area contributed by atoms with Gasteiger partial charge in [-0.05, 0) is 59.3 Å². The Morgan fingerprint density at radius 3 is 2.78 bits per heavy atom.